The first-order valence-corrected chi connectivity index (χ1v) is 5.70. The second-order valence-electron chi connectivity index (χ2n) is 2.23. The Kier molecular flexibility index (Phi) is 8.32. The van der Waals surface area contributed by atoms with E-state index in [2.05, 4.69) is 38.4 Å². The van der Waals surface area contributed by atoms with E-state index >= 15 is 0 Å². The molecule has 0 spiro atoms. The number of hydrogen-bond acceptors (Lipinski definition) is 1. The van der Waals surface area contributed by atoms with E-state index < -0.39 is 11.7 Å². The summed E-state index contributed by atoms with van der Waals surface area (Å²) in [7, 11) is 0. The van der Waals surface area contributed by atoms with E-state index in [4.69, 9.17) is 4.74 Å². The van der Waals surface area contributed by atoms with Gasteiger partial charge in [0.15, 0.2) is 0 Å². The molecule has 0 aromatic heterocycles. The predicted octanol–water partition coefficient (Wildman–Crippen LogP) is 4.01. The Morgan fingerprint density at radius 3 is 2.57 bits per heavy atom. The van der Waals surface area contributed by atoms with E-state index in [-0.39, 0.29) is 11.1 Å². The Labute approximate surface area is 98.8 Å². The highest BCUT2D eigenvalue weighted by Crippen LogP contribution is 2.17. The molecule has 0 amide bonds. The molecule has 0 saturated carbocycles. The fraction of sp³-hybridized carbons (Fsp3) is 0.333. The molecule has 0 aromatic carbocycles. The van der Waals surface area contributed by atoms with Gasteiger partial charge in [-0.2, -0.15) is 0 Å². The number of ether oxygens (including phenoxy) is 1. The van der Waals surface area contributed by atoms with E-state index in [1.165, 1.54) is 0 Å². The van der Waals surface area contributed by atoms with Gasteiger partial charge in [-0.15, -0.1) is 0 Å². The van der Waals surface area contributed by atoms with Gasteiger partial charge in [0.05, 0.1) is 17.7 Å². The molecule has 0 fully saturated rings. The third kappa shape index (κ3) is 6.45. The van der Waals surface area contributed by atoms with Gasteiger partial charge in [-0.25, -0.2) is 8.78 Å². The quantitative estimate of drug-likeness (QED) is 0.406. The zero-order valence-corrected chi connectivity index (χ0v) is 10.6. The lowest BCUT2D eigenvalue weighted by atomic mass is 10.4. The van der Waals surface area contributed by atoms with Gasteiger partial charge in [-0.3, -0.25) is 0 Å². The van der Waals surface area contributed by atoms with Crippen LogP contribution in [0.3, 0.4) is 0 Å². The number of halogens is 4. The first-order chi connectivity index (χ1) is 6.61. The van der Waals surface area contributed by atoms with Crippen molar-refractivity contribution in [2.45, 2.75) is 0 Å². The molecule has 0 aliphatic carbocycles. The lowest BCUT2D eigenvalue weighted by Crippen LogP contribution is -1.98. The summed E-state index contributed by atoms with van der Waals surface area (Å²) in [6, 6.07) is 0. The zero-order valence-electron chi connectivity index (χ0n) is 7.40. The van der Waals surface area contributed by atoms with Gasteiger partial charge in [0.1, 0.15) is 11.7 Å². The molecule has 0 atom stereocenters. The molecule has 0 radical (unpaired) electrons. The second kappa shape index (κ2) is 8.32. The van der Waals surface area contributed by atoms with Crippen LogP contribution in [0.1, 0.15) is 0 Å². The summed E-state index contributed by atoms with van der Waals surface area (Å²) in [6.45, 7) is 3.71. The third-order valence-electron chi connectivity index (χ3n) is 1.17. The molecule has 0 aliphatic heterocycles. The summed E-state index contributed by atoms with van der Waals surface area (Å²) < 4.78 is 30.8. The van der Waals surface area contributed by atoms with Crippen LogP contribution in [0, 0.1) is 0 Å². The fourth-order valence-corrected chi connectivity index (χ4v) is 1.05. The van der Waals surface area contributed by atoms with Crippen LogP contribution in [0.5, 0.6) is 0 Å². The van der Waals surface area contributed by atoms with Crippen LogP contribution in [-0.2, 0) is 4.74 Å². The summed E-state index contributed by atoms with van der Waals surface area (Å²) in [4.78, 5) is 0. The van der Waals surface area contributed by atoms with Crippen LogP contribution in [0.2, 0.25) is 0 Å². The van der Waals surface area contributed by atoms with Crippen molar-refractivity contribution in [1.82, 2.24) is 0 Å². The molecule has 14 heavy (non-hydrogen) atoms. The predicted molar refractivity (Wildman–Crippen MR) is 61.1 cm³/mol. The summed E-state index contributed by atoms with van der Waals surface area (Å²) in [5.41, 5.74) is 0. The highest BCUT2D eigenvalue weighted by atomic mass is 79.9. The van der Waals surface area contributed by atoms with Crippen molar-refractivity contribution in [2.75, 3.05) is 18.5 Å². The van der Waals surface area contributed by atoms with E-state index in [9.17, 15) is 8.78 Å². The molecule has 0 rings (SSSR count). The van der Waals surface area contributed by atoms with Gasteiger partial charge >= 0.3 is 0 Å². The minimum Gasteiger partial charge on any atom is -0.375 e. The summed E-state index contributed by atoms with van der Waals surface area (Å²) in [5, 5.41) is 0.672. The fourth-order valence-electron chi connectivity index (χ4n) is 0.544. The van der Waals surface area contributed by atoms with Crippen LogP contribution < -0.4 is 0 Å². The zero-order chi connectivity index (χ0) is 11.0. The third-order valence-corrected chi connectivity index (χ3v) is 2.10. The van der Waals surface area contributed by atoms with Crippen molar-refractivity contribution in [3.05, 3.63) is 34.9 Å². The van der Waals surface area contributed by atoms with Crippen molar-refractivity contribution in [3.63, 3.8) is 0 Å². The molecule has 0 aliphatic rings. The molecule has 80 valence electrons. The maximum absolute atomic E-state index is 13.0. The molecular formula is C9H10Br2F2O. The average molecular weight is 332 g/mol. The Morgan fingerprint density at radius 1 is 1.43 bits per heavy atom. The minimum absolute atomic E-state index is 0.0817. The first kappa shape index (κ1) is 14.0. The molecule has 1 nitrogen and oxygen atoms in total. The van der Waals surface area contributed by atoms with Crippen LogP contribution >= 0.6 is 31.9 Å². The van der Waals surface area contributed by atoms with Gasteiger partial charge in [0.2, 0.25) is 0 Å². The maximum atomic E-state index is 13.0. The number of hydrogen-bond donors (Lipinski definition) is 0. The van der Waals surface area contributed by atoms with Gasteiger partial charge in [-0.1, -0.05) is 22.5 Å². The SMILES string of the molecule is C=C/C(F)=C\C(F)=C(\Br)COCCBr. The summed E-state index contributed by atoms with van der Waals surface area (Å²) in [5.74, 6) is -1.42. The van der Waals surface area contributed by atoms with Crippen LogP contribution in [0.15, 0.2) is 34.9 Å². The molecule has 0 bridgehead atoms. The summed E-state index contributed by atoms with van der Waals surface area (Å²) >= 11 is 6.10. The van der Waals surface area contributed by atoms with Gasteiger partial charge in [0, 0.05) is 11.4 Å². The Morgan fingerprint density at radius 2 is 2.07 bits per heavy atom. The van der Waals surface area contributed by atoms with Gasteiger partial charge < -0.3 is 4.74 Å². The molecular weight excluding hydrogens is 322 g/mol. The Hall–Kier alpha value is -0.0000000000000000555. The monoisotopic (exact) mass is 330 g/mol. The normalized spacial score (nSPS) is 13.9. The molecule has 0 N–H and O–H groups in total. The minimum atomic E-state index is -0.722. The molecule has 0 unspecified atom stereocenters. The number of allylic oxidation sites excluding steroid dienone is 4. The Balaban J connectivity index is 4.21. The van der Waals surface area contributed by atoms with Crippen LogP contribution in [0.25, 0.3) is 0 Å². The maximum Gasteiger partial charge on any atom is 0.138 e. The van der Waals surface area contributed by atoms with Crippen molar-refractivity contribution in [2.24, 2.45) is 0 Å². The summed E-state index contributed by atoms with van der Waals surface area (Å²) in [6.07, 6.45) is 1.67. The molecule has 0 heterocycles. The van der Waals surface area contributed by atoms with E-state index in [1.807, 2.05) is 0 Å². The number of alkyl halides is 1. The van der Waals surface area contributed by atoms with Crippen LogP contribution in [0.4, 0.5) is 8.78 Å². The van der Waals surface area contributed by atoms with E-state index in [1.54, 1.807) is 0 Å². The largest absolute Gasteiger partial charge is 0.375 e. The Bertz CT molecular complexity index is 249. The second-order valence-corrected chi connectivity index (χ2v) is 3.98. The lowest BCUT2D eigenvalue weighted by molar-refractivity contribution is 0.178. The first-order valence-electron chi connectivity index (χ1n) is 3.79. The van der Waals surface area contributed by atoms with E-state index in [0.717, 1.165) is 12.2 Å². The molecule has 0 saturated heterocycles. The van der Waals surface area contributed by atoms with Gasteiger partial charge in [0.25, 0.3) is 0 Å². The molecule has 5 heteroatoms. The van der Waals surface area contributed by atoms with E-state index in [0.29, 0.717) is 11.9 Å². The number of rotatable bonds is 6. The highest BCUT2D eigenvalue weighted by molar-refractivity contribution is 9.11. The van der Waals surface area contributed by atoms with Crippen molar-refractivity contribution in [3.8, 4) is 0 Å². The molecule has 0 aromatic rings. The van der Waals surface area contributed by atoms with Crippen molar-refractivity contribution < 1.29 is 13.5 Å². The lowest BCUT2D eigenvalue weighted by Gasteiger charge is -2.00. The average Bonchev–Trinajstić information content (AvgIpc) is 2.17. The highest BCUT2D eigenvalue weighted by Gasteiger charge is 2.01. The van der Waals surface area contributed by atoms with Crippen molar-refractivity contribution >= 4 is 31.9 Å². The standard InChI is InChI=1S/C9H10Br2F2O/c1-2-7(12)5-9(13)8(11)6-14-4-3-10/h2,5H,1,3-4,6H2/b7-5+,9-8-. The van der Waals surface area contributed by atoms with Crippen molar-refractivity contribution in [1.29, 1.82) is 0 Å². The topological polar surface area (TPSA) is 9.23 Å². The van der Waals surface area contributed by atoms with Crippen LogP contribution in [-0.4, -0.2) is 18.5 Å². The smallest absolute Gasteiger partial charge is 0.138 e. The van der Waals surface area contributed by atoms with Gasteiger partial charge in [-0.05, 0) is 22.0 Å².